The van der Waals surface area contributed by atoms with Crippen LogP contribution in [-0.2, 0) is 12.7 Å². The molecule has 1 unspecified atom stereocenters. The maximum Gasteiger partial charge on any atom is 0.416 e. The molecule has 0 radical (unpaired) electrons. The van der Waals surface area contributed by atoms with Crippen molar-refractivity contribution in [3.8, 4) is 0 Å². The average Bonchev–Trinajstić information content (AvgIpc) is 2.71. The molecule has 1 aromatic rings. The molecule has 2 rings (SSSR count). The molecule has 106 valence electrons. The Bertz CT molecular complexity index is 445. The van der Waals surface area contributed by atoms with E-state index >= 15 is 0 Å². The molecule has 0 amide bonds. The lowest BCUT2D eigenvalue weighted by molar-refractivity contribution is -0.138. The second-order valence-corrected chi connectivity index (χ2v) is 5.63. The van der Waals surface area contributed by atoms with E-state index in [-0.39, 0.29) is 5.41 Å². The van der Waals surface area contributed by atoms with Crippen LogP contribution in [0.25, 0.3) is 0 Å². The van der Waals surface area contributed by atoms with Gasteiger partial charge in [0.25, 0.3) is 0 Å². The molecule has 1 heterocycles. The van der Waals surface area contributed by atoms with Crippen LogP contribution in [-0.4, -0.2) is 24.5 Å². The minimum Gasteiger partial charge on any atom is -0.330 e. The van der Waals surface area contributed by atoms with Crippen molar-refractivity contribution >= 4 is 0 Å². The van der Waals surface area contributed by atoms with Crippen LogP contribution in [0, 0.1) is 5.41 Å². The van der Waals surface area contributed by atoms with E-state index < -0.39 is 11.7 Å². The van der Waals surface area contributed by atoms with Gasteiger partial charge in [0.05, 0.1) is 5.56 Å². The quantitative estimate of drug-likeness (QED) is 0.916. The van der Waals surface area contributed by atoms with Crippen molar-refractivity contribution in [3.63, 3.8) is 0 Å². The first kappa shape index (κ1) is 14.3. The van der Waals surface area contributed by atoms with Crippen LogP contribution in [0.15, 0.2) is 24.3 Å². The normalized spacial score (nSPS) is 24.9. The van der Waals surface area contributed by atoms with Crippen molar-refractivity contribution in [2.45, 2.75) is 26.1 Å². The predicted octanol–water partition coefficient (Wildman–Crippen LogP) is 2.88. The molecule has 1 aliphatic rings. The standard InChI is InChI=1S/C14H19F3N2/c1-13(9-18)6-7-19(10-13)8-11-4-2-3-5-12(11)14(15,16)17/h2-5H,6-10,18H2,1H3. The van der Waals surface area contributed by atoms with E-state index in [1.165, 1.54) is 6.07 Å². The Morgan fingerprint density at radius 3 is 2.58 bits per heavy atom. The van der Waals surface area contributed by atoms with Gasteiger partial charge in [-0.15, -0.1) is 0 Å². The lowest BCUT2D eigenvalue weighted by Gasteiger charge is -2.23. The zero-order valence-electron chi connectivity index (χ0n) is 11.0. The number of halogens is 3. The fourth-order valence-corrected chi connectivity index (χ4v) is 2.60. The maximum absolute atomic E-state index is 12.9. The van der Waals surface area contributed by atoms with Crippen LogP contribution in [0.4, 0.5) is 13.2 Å². The minimum atomic E-state index is -4.28. The lowest BCUT2D eigenvalue weighted by atomic mass is 9.90. The molecule has 0 bridgehead atoms. The van der Waals surface area contributed by atoms with E-state index in [4.69, 9.17) is 5.73 Å². The molecule has 1 atom stereocenters. The highest BCUT2D eigenvalue weighted by atomic mass is 19.4. The summed E-state index contributed by atoms with van der Waals surface area (Å²) in [6, 6.07) is 5.79. The van der Waals surface area contributed by atoms with Crippen LogP contribution < -0.4 is 5.73 Å². The van der Waals surface area contributed by atoms with Gasteiger partial charge in [0, 0.05) is 13.1 Å². The lowest BCUT2D eigenvalue weighted by Crippen LogP contribution is -2.31. The Morgan fingerprint density at radius 1 is 1.32 bits per heavy atom. The molecule has 1 aromatic carbocycles. The maximum atomic E-state index is 12.9. The van der Waals surface area contributed by atoms with Gasteiger partial charge in [-0.1, -0.05) is 25.1 Å². The summed E-state index contributed by atoms with van der Waals surface area (Å²) < 4.78 is 38.7. The molecule has 0 spiro atoms. The first-order chi connectivity index (χ1) is 8.84. The van der Waals surface area contributed by atoms with Crippen molar-refractivity contribution in [2.75, 3.05) is 19.6 Å². The molecule has 19 heavy (non-hydrogen) atoms. The fraction of sp³-hybridized carbons (Fsp3) is 0.571. The first-order valence-corrected chi connectivity index (χ1v) is 6.42. The van der Waals surface area contributed by atoms with E-state index in [1.807, 2.05) is 0 Å². The smallest absolute Gasteiger partial charge is 0.330 e. The number of rotatable bonds is 3. The molecule has 1 fully saturated rings. The van der Waals surface area contributed by atoms with E-state index in [1.54, 1.807) is 12.1 Å². The van der Waals surface area contributed by atoms with Crippen LogP contribution in [0.2, 0.25) is 0 Å². The summed E-state index contributed by atoms with van der Waals surface area (Å²) in [5, 5.41) is 0. The van der Waals surface area contributed by atoms with E-state index in [9.17, 15) is 13.2 Å². The van der Waals surface area contributed by atoms with Gasteiger partial charge in [-0.05, 0) is 36.6 Å². The fourth-order valence-electron chi connectivity index (χ4n) is 2.60. The summed E-state index contributed by atoms with van der Waals surface area (Å²) in [6.45, 7) is 4.56. The first-order valence-electron chi connectivity index (χ1n) is 6.42. The Labute approximate surface area is 111 Å². The Hall–Kier alpha value is -1.07. The Balaban J connectivity index is 2.13. The van der Waals surface area contributed by atoms with Gasteiger partial charge in [-0.25, -0.2) is 0 Å². The number of alkyl halides is 3. The van der Waals surface area contributed by atoms with Gasteiger partial charge in [0.2, 0.25) is 0 Å². The topological polar surface area (TPSA) is 29.3 Å². The van der Waals surface area contributed by atoms with E-state index in [0.717, 1.165) is 25.6 Å². The Morgan fingerprint density at radius 2 is 2.00 bits per heavy atom. The zero-order valence-corrected chi connectivity index (χ0v) is 11.0. The molecule has 2 N–H and O–H groups in total. The van der Waals surface area contributed by atoms with Crippen LogP contribution in [0.3, 0.4) is 0 Å². The van der Waals surface area contributed by atoms with Gasteiger partial charge >= 0.3 is 6.18 Å². The van der Waals surface area contributed by atoms with Crippen molar-refractivity contribution in [1.82, 2.24) is 4.90 Å². The van der Waals surface area contributed by atoms with E-state index in [0.29, 0.717) is 18.7 Å². The monoisotopic (exact) mass is 272 g/mol. The van der Waals surface area contributed by atoms with Gasteiger partial charge in [-0.2, -0.15) is 13.2 Å². The highest BCUT2D eigenvalue weighted by Crippen LogP contribution is 2.34. The van der Waals surface area contributed by atoms with Gasteiger partial charge < -0.3 is 5.73 Å². The summed E-state index contributed by atoms with van der Waals surface area (Å²) in [4.78, 5) is 2.05. The largest absolute Gasteiger partial charge is 0.416 e. The van der Waals surface area contributed by atoms with Crippen molar-refractivity contribution < 1.29 is 13.2 Å². The molecule has 1 saturated heterocycles. The summed E-state index contributed by atoms with van der Waals surface area (Å²) >= 11 is 0. The molecule has 0 saturated carbocycles. The predicted molar refractivity (Wildman–Crippen MR) is 68.5 cm³/mol. The third kappa shape index (κ3) is 3.28. The second kappa shape index (κ2) is 5.13. The highest BCUT2D eigenvalue weighted by Gasteiger charge is 2.36. The molecule has 0 aromatic heterocycles. The van der Waals surface area contributed by atoms with Crippen molar-refractivity contribution in [1.29, 1.82) is 0 Å². The second-order valence-electron chi connectivity index (χ2n) is 5.63. The number of nitrogens with zero attached hydrogens (tertiary/aromatic N) is 1. The molecule has 0 aliphatic carbocycles. The van der Waals surface area contributed by atoms with Crippen LogP contribution in [0.5, 0.6) is 0 Å². The van der Waals surface area contributed by atoms with E-state index in [2.05, 4.69) is 11.8 Å². The Kier molecular flexibility index (Phi) is 3.87. The third-order valence-corrected chi connectivity index (χ3v) is 3.85. The van der Waals surface area contributed by atoms with Gasteiger partial charge in [-0.3, -0.25) is 4.90 Å². The number of benzene rings is 1. The molecular weight excluding hydrogens is 253 g/mol. The van der Waals surface area contributed by atoms with Crippen molar-refractivity contribution in [3.05, 3.63) is 35.4 Å². The molecule has 5 heteroatoms. The molecule has 1 aliphatic heterocycles. The molecule has 2 nitrogen and oxygen atoms in total. The average molecular weight is 272 g/mol. The number of hydrogen-bond donors (Lipinski definition) is 1. The number of hydrogen-bond acceptors (Lipinski definition) is 2. The van der Waals surface area contributed by atoms with Gasteiger partial charge in [0.15, 0.2) is 0 Å². The SMILES string of the molecule is CC1(CN)CCN(Cc2ccccc2C(F)(F)F)C1. The summed E-state index contributed by atoms with van der Waals surface area (Å²) in [7, 11) is 0. The summed E-state index contributed by atoms with van der Waals surface area (Å²) in [5.41, 5.74) is 5.56. The number of nitrogens with two attached hydrogens (primary N) is 1. The number of likely N-dealkylation sites (tertiary alicyclic amines) is 1. The third-order valence-electron chi connectivity index (χ3n) is 3.85. The highest BCUT2D eigenvalue weighted by molar-refractivity contribution is 5.29. The van der Waals surface area contributed by atoms with Crippen LogP contribution in [0.1, 0.15) is 24.5 Å². The minimum absolute atomic E-state index is 0.0349. The summed E-state index contributed by atoms with van der Waals surface area (Å²) in [6.07, 6.45) is -3.34. The zero-order chi connectivity index (χ0) is 14.1. The van der Waals surface area contributed by atoms with Crippen LogP contribution >= 0.6 is 0 Å². The molecular formula is C14H19F3N2. The summed E-state index contributed by atoms with van der Waals surface area (Å²) in [5.74, 6) is 0. The van der Waals surface area contributed by atoms with Gasteiger partial charge in [0.1, 0.15) is 0 Å². The van der Waals surface area contributed by atoms with Crippen molar-refractivity contribution in [2.24, 2.45) is 11.1 Å².